The van der Waals surface area contributed by atoms with E-state index in [1.54, 1.807) is 17.7 Å². The second-order valence-electron chi connectivity index (χ2n) is 5.91. The van der Waals surface area contributed by atoms with Crippen LogP contribution in [0.4, 0.5) is 5.82 Å². The fraction of sp³-hybridized carbons (Fsp3) is 0.625. The molecule has 5 heteroatoms. The summed E-state index contributed by atoms with van der Waals surface area (Å²) in [5.41, 5.74) is 6.02. The lowest BCUT2D eigenvalue weighted by Gasteiger charge is -2.40. The van der Waals surface area contributed by atoms with E-state index in [-0.39, 0.29) is 0 Å². The van der Waals surface area contributed by atoms with E-state index in [9.17, 15) is 0 Å². The number of aryl methyl sites for hydroxylation is 1. The molecule has 4 nitrogen and oxygen atoms in total. The molecule has 1 fully saturated rings. The summed E-state index contributed by atoms with van der Waals surface area (Å²) in [5, 5.41) is 1.20. The Balaban J connectivity index is 2.01. The van der Waals surface area contributed by atoms with E-state index in [0.29, 0.717) is 12.0 Å². The van der Waals surface area contributed by atoms with Crippen molar-refractivity contribution in [1.29, 1.82) is 0 Å². The Kier molecular flexibility index (Phi) is 4.40. The number of hydrogen-bond acceptors (Lipinski definition) is 5. The molecule has 21 heavy (non-hydrogen) atoms. The molecule has 2 unspecified atom stereocenters. The van der Waals surface area contributed by atoms with Gasteiger partial charge in [-0.25, -0.2) is 9.97 Å². The number of hydrogen-bond donors (Lipinski definition) is 1. The predicted molar refractivity (Wildman–Crippen MR) is 90.0 cm³/mol. The zero-order chi connectivity index (χ0) is 14.8. The van der Waals surface area contributed by atoms with E-state index in [4.69, 9.17) is 5.73 Å². The van der Waals surface area contributed by atoms with Crippen molar-refractivity contribution >= 4 is 27.4 Å². The molecule has 2 aromatic rings. The van der Waals surface area contributed by atoms with Crippen LogP contribution in [0.1, 0.15) is 37.5 Å². The lowest BCUT2D eigenvalue weighted by atomic mass is 9.83. The molecule has 2 atom stereocenters. The van der Waals surface area contributed by atoms with Crippen molar-refractivity contribution < 1.29 is 0 Å². The Morgan fingerprint density at radius 2 is 2.14 bits per heavy atom. The highest BCUT2D eigenvalue weighted by molar-refractivity contribution is 7.18. The highest BCUT2D eigenvalue weighted by Crippen LogP contribution is 2.35. The Bertz CT molecular complexity index is 609. The Morgan fingerprint density at radius 1 is 1.33 bits per heavy atom. The quantitative estimate of drug-likeness (QED) is 0.941. The third kappa shape index (κ3) is 2.77. The van der Waals surface area contributed by atoms with Crippen LogP contribution in [0.15, 0.2) is 12.4 Å². The SMILES string of the molecule is CCN(c1ncnc2sc(C)cc12)C1CCCCC1CN. The van der Waals surface area contributed by atoms with E-state index < -0.39 is 0 Å². The molecule has 3 rings (SSSR count). The number of fused-ring (bicyclic) bond motifs is 1. The average molecular weight is 304 g/mol. The van der Waals surface area contributed by atoms with Crippen molar-refractivity contribution in [3.8, 4) is 0 Å². The molecule has 0 radical (unpaired) electrons. The van der Waals surface area contributed by atoms with Crippen LogP contribution in [0, 0.1) is 12.8 Å². The van der Waals surface area contributed by atoms with Crippen molar-refractivity contribution in [3.63, 3.8) is 0 Å². The number of thiophene rings is 1. The standard InChI is InChI=1S/C16H24N4S/c1-3-20(14-7-5-4-6-12(14)9-17)15-13-8-11(2)21-16(13)19-10-18-15/h8,10,12,14H,3-7,9,17H2,1-2H3. The summed E-state index contributed by atoms with van der Waals surface area (Å²) in [6, 6.07) is 2.74. The van der Waals surface area contributed by atoms with Gasteiger partial charge in [0.15, 0.2) is 0 Å². The van der Waals surface area contributed by atoms with E-state index in [1.165, 1.54) is 35.9 Å². The van der Waals surface area contributed by atoms with Crippen LogP contribution in [0.25, 0.3) is 10.2 Å². The summed E-state index contributed by atoms with van der Waals surface area (Å²) in [6.07, 6.45) is 6.79. The van der Waals surface area contributed by atoms with Crippen molar-refractivity contribution in [3.05, 3.63) is 17.3 Å². The summed E-state index contributed by atoms with van der Waals surface area (Å²) in [4.78, 5) is 13.9. The summed E-state index contributed by atoms with van der Waals surface area (Å²) >= 11 is 1.74. The highest BCUT2D eigenvalue weighted by Gasteiger charge is 2.30. The van der Waals surface area contributed by atoms with Crippen molar-refractivity contribution in [2.45, 2.75) is 45.6 Å². The fourth-order valence-electron chi connectivity index (χ4n) is 3.61. The molecule has 2 N–H and O–H groups in total. The monoisotopic (exact) mass is 304 g/mol. The minimum absolute atomic E-state index is 0.520. The van der Waals surface area contributed by atoms with Gasteiger partial charge in [-0.15, -0.1) is 11.3 Å². The van der Waals surface area contributed by atoms with Gasteiger partial charge in [0.2, 0.25) is 0 Å². The molecule has 2 aromatic heterocycles. The molecule has 2 heterocycles. The van der Waals surface area contributed by atoms with Gasteiger partial charge in [-0.2, -0.15) is 0 Å². The second-order valence-corrected chi connectivity index (χ2v) is 7.14. The van der Waals surface area contributed by atoms with Gasteiger partial charge in [0.25, 0.3) is 0 Å². The third-order valence-electron chi connectivity index (χ3n) is 4.62. The Labute approximate surface area is 130 Å². The smallest absolute Gasteiger partial charge is 0.141 e. The molecule has 114 valence electrons. The normalized spacial score (nSPS) is 22.6. The molecule has 1 aliphatic rings. The zero-order valence-electron chi connectivity index (χ0n) is 12.9. The second kappa shape index (κ2) is 6.28. The van der Waals surface area contributed by atoms with Crippen LogP contribution in [-0.4, -0.2) is 29.1 Å². The van der Waals surface area contributed by atoms with Gasteiger partial charge in [0.05, 0.1) is 5.39 Å². The fourth-order valence-corrected chi connectivity index (χ4v) is 4.45. The first-order valence-electron chi connectivity index (χ1n) is 7.92. The van der Waals surface area contributed by atoms with Crippen molar-refractivity contribution in [2.75, 3.05) is 18.0 Å². The maximum absolute atomic E-state index is 6.02. The molecule has 0 aromatic carbocycles. The Hall–Kier alpha value is -1.20. The van der Waals surface area contributed by atoms with Gasteiger partial charge in [0, 0.05) is 17.5 Å². The lowest BCUT2D eigenvalue weighted by Crippen LogP contribution is -2.45. The summed E-state index contributed by atoms with van der Waals surface area (Å²) in [6.45, 7) is 6.10. The van der Waals surface area contributed by atoms with Crippen LogP contribution in [0.2, 0.25) is 0 Å². The van der Waals surface area contributed by atoms with Crippen molar-refractivity contribution in [2.24, 2.45) is 11.7 Å². The van der Waals surface area contributed by atoms with Gasteiger partial charge in [-0.1, -0.05) is 12.8 Å². The Morgan fingerprint density at radius 3 is 2.90 bits per heavy atom. The molecule has 0 saturated heterocycles. The van der Waals surface area contributed by atoms with E-state index in [0.717, 1.165) is 23.7 Å². The lowest BCUT2D eigenvalue weighted by molar-refractivity contribution is 0.300. The number of aromatic nitrogens is 2. The van der Waals surface area contributed by atoms with Crippen molar-refractivity contribution in [1.82, 2.24) is 9.97 Å². The maximum atomic E-state index is 6.02. The molecular formula is C16H24N4S. The molecule has 0 amide bonds. The van der Waals surface area contributed by atoms with Gasteiger partial charge in [-0.05, 0) is 45.2 Å². The first-order chi connectivity index (χ1) is 10.2. The zero-order valence-corrected chi connectivity index (χ0v) is 13.7. The third-order valence-corrected chi connectivity index (χ3v) is 5.57. The molecule has 0 aliphatic heterocycles. The minimum Gasteiger partial charge on any atom is -0.353 e. The largest absolute Gasteiger partial charge is 0.353 e. The first kappa shape index (κ1) is 14.7. The number of nitrogens with two attached hydrogens (primary N) is 1. The number of rotatable bonds is 4. The summed E-state index contributed by atoms with van der Waals surface area (Å²) in [7, 11) is 0. The van der Waals surface area contributed by atoms with E-state index in [2.05, 4.69) is 34.8 Å². The van der Waals surface area contributed by atoms with Gasteiger partial charge in [-0.3, -0.25) is 0 Å². The van der Waals surface area contributed by atoms with Crippen LogP contribution >= 0.6 is 11.3 Å². The molecule has 0 spiro atoms. The van der Waals surface area contributed by atoms with E-state index in [1.807, 2.05) is 0 Å². The average Bonchev–Trinajstić information content (AvgIpc) is 2.89. The molecular weight excluding hydrogens is 280 g/mol. The van der Waals surface area contributed by atoms with Crippen LogP contribution in [0.3, 0.4) is 0 Å². The van der Waals surface area contributed by atoms with Crippen LogP contribution in [0.5, 0.6) is 0 Å². The summed E-state index contributed by atoms with van der Waals surface area (Å²) < 4.78 is 0. The highest BCUT2D eigenvalue weighted by atomic mass is 32.1. The number of nitrogens with zero attached hydrogens (tertiary/aromatic N) is 3. The predicted octanol–water partition coefficient (Wildman–Crippen LogP) is 3.34. The van der Waals surface area contributed by atoms with Gasteiger partial charge >= 0.3 is 0 Å². The van der Waals surface area contributed by atoms with Crippen LogP contribution < -0.4 is 10.6 Å². The number of anilines is 1. The van der Waals surface area contributed by atoms with Gasteiger partial charge < -0.3 is 10.6 Å². The topological polar surface area (TPSA) is 55.0 Å². The maximum Gasteiger partial charge on any atom is 0.141 e. The van der Waals surface area contributed by atoms with E-state index >= 15 is 0 Å². The summed E-state index contributed by atoms with van der Waals surface area (Å²) in [5.74, 6) is 1.68. The van der Waals surface area contributed by atoms with Crippen LogP contribution in [-0.2, 0) is 0 Å². The molecule has 0 bridgehead atoms. The molecule has 1 saturated carbocycles. The van der Waals surface area contributed by atoms with Gasteiger partial charge in [0.1, 0.15) is 17.0 Å². The first-order valence-corrected chi connectivity index (χ1v) is 8.74. The minimum atomic E-state index is 0.520. The molecule has 1 aliphatic carbocycles.